The Bertz CT molecular complexity index is 2080. The summed E-state index contributed by atoms with van der Waals surface area (Å²) < 4.78 is 4.27. The number of hydrogen-bond donors (Lipinski definition) is 4. The number of aromatic nitrogens is 3. The minimum Gasteiger partial charge on any atom is -0.371 e. The first-order valence-electron chi connectivity index (χ1n) is 19.3. The van der Waals surface area contributed by atoms with Crippen molar-refractivity contribution in [3.8, 4) is 0 Å². The number of benzene rings is 1. The quantitative estimate of drug-likeness (QED) is 0.216. The van der Waals surface area contributed by atoms with Crippen LogP contribution in [0.25, 0.3) is 0 Å². The third-order valence-corrected chi connectivity index (χ3v) is 12.3. The van der Waals surface area contributed by atoms with E-state index in [4.69, 9.17) is 10.7 Å². The Morgan fingerprint density at radius 3 is 2.50 bits per heavy atom. The topological polar surface area (TPSA) is 216 Å². The molecular weight excluding hydrogens is 739 g/mol. The minimum atomic E-state index is -0.986. The lowest BCUT2D eigenvalue weighted by atomic mass is 9.95. The molecule has 0 aliphatic carbocycles. The lowest BCUT2D eigenvalue weighted by Gasteiger charge is -2.35. The predicted molar refractivity (Wildman–Crippen MR) is 207 cm³/mol. The molecule has 4 fully saturated rings. The Kier molecular flexibility index (Phi) is 10.4. The summed E-state index contributed by atoms with van der Waals surface area (Å²) in [5.74, 6) is -1.35. The number of nitrogens with one attached hydrogen (secondary N) is 3. The van der Waals surface area contributed by atoms with E-state index in [1.54, 1.807) is 18.3 Å². The molecule has 56 heavy (non-hydrogen) atoms. The van der Waals surface area contributed by atoms with E-state index < -0.39 is 35.6 Å². The first-order chi connectivity index (χ1) is 27.0. The van der Waals surface area contributed by atoms with E-state index in [0.717, 1.165) is 92.7 Å². The Balaban J connectivity index is 0.808. The van der Waals surface area contributed by atoms with Crippen molar-refractivity contribution in [2.45, 2.75) is 64.0 Å². The summed E-state index contributed by atoms with van der Waals surface area (Å²) in [5, 5.41) is 9.41. The molecule has 1 aromatic carbocycles. The van der Waals surface area contributed by atoms with Gasteiger partial charge in [-0.05, 0) is 93.7 Å². The van der Waals surface area contributed by atoms with E-state index in [2.05, 4.69) is 40.0 Å². The standard InChI is InChI=1S/C38H45N11O6S/c1-21-15-31(56-45-21)44-34-32(33(39)51)40-17-29(42-34)48-11-2-3-24(20-48)41-35(52)23-10-12-46(19-23)18-22-8-13-47(14-9-22)25-4-5-26-27(16-25)38(55)49(37(26)54)28-6-7-30(50)43-36(28)53/h4-5,15-17,22-24,28H,2-3,6-14,18-20H2,1H3,(H2,39,51)(H,41,52)(H,42,44)(H,43,50,53). The molecule has 3 unspecified atom stereocenters. The van der Waals surface area contributed by atoms with E-state index in [1.165, 1.54) is 11.5 Å². The molecular formula is C38H45N11O6S. The Morgan fingerprint density at radius 1 is 0.946 bits per heavy atom. The van der Waals surface area contributed by atoms with Gasteiger partial charge in [-0.25, -0.2) is 9.97 Å². The fourth-order valence-corrected chi connectivity index (χ4v) is 9.23. The minimum absolute atomic E-state index is 0.0408. The summed E-state index contributed by atoms with van der Waals surface area (Å²) >= 11 is 1.26. The van der Waals surface area contributed by atoms with E-state index in [-0.39, 0.29) is 47.8 Å². The van der Waals surface area contributed by atoms with Crippen LogP contribution in [0.4, 0.5) is 22.3 Å². The molecule has 7 heterocycles. The Morgan fingerprint density at radius 2 is 1.75 bits per heavy atom. The Hall–Kier alpha value is -5.49. The van der Waals surface area contributed by atoms with Gasteiger partial charge in [0.1, 0.15) is 16.9 Å². The average molecular weight is 784 g/mol. The van der Waals surface area contributed by atoms with E-state index in [0.29, 0.717) is 23.8 Å². The second kappa shape index (κ2) is 15.6. The number of carbonyl (C=O) groups excluding carboxylic acids is 6. The number of aryl methyl sites for hydroxylation is 1. The van der Waals surface area contributed by atoms with Gasteiger partial charge in [-0.15, -0.1) is 0 Å². The van der Waals surface area contributed by atoms with Crippen LogP contribution in [-0.4, -0.2) is 117 Å². The van der Waals surface area contributed by atoms with Crippen molar-refractivity contribution >= 4 is 69.3 Å². The maximum absolute atomic E-state index is 13.5. The van der Waals surface area contributed by atoms with Crippen LogP contribution in [0.2, 0.25) is 0 Å². The van der Waals surface area contributed by atoms with Crippen LogP contribution >= 0.6 is 11.5 Å². The molecule has 0 spiro atoms. The fraction of sp³-hybridized carbons (Fsp3) is 0.500. The number of primary amides is 1. The van der Waals surface area contributed by atoms with Gasteiger partial charge in [-0.2, -0.15) is 4.37 Å². The third-order valence-electron chi connectivity index (χ3n) is 11.5. The fourth-order valence-electron chi connectivity index (χ4n) is 8.57. The normalized spacial score (nSPS) is 23.4. The van der Waals surface area contributed by atoms with E-state index in [1.807, 2.05) is 19.1 Å². The molecule has 0 bridgehead atoms. The van der Waals surface area contributed by atoms with Crippen LogP contribution in [0.15, 0.2) is 30.5 Å². The highest BCUT2D eigenvalue weighted by Gasteiger charge is 2.45. The molecule has 6 amide bonds. The third kappa shape index (κ3) is 7.67. The molecule has 0 saturated carbocycles. The van der Waals surface area contributed by atoms with Crippen LogP contribution in [0.1, 0.15) is 81.8 Å². The highest BCUT2D eigenvalue weighted by atomic mass is 32.1. The number of hydrogen-bond acceptors (Lipinski definition) is 14. The van der Waals surface area contributed by atoms with E-state index >= 15 is 0 Å². The SMILES string of the molecule is Cc1cc(Nc2nc(N3CCCC(NC(=O)C4CCN(CC5CCN(c6ccc7c(c6)C(=O)N(C6CCC(=O)NC6=O)C7=O)CC5)C4)C3)cnc2C(N)=O)sn1. The molecule has 5 aliphatic heterocycles. The van der Waals surface area contributed by atoms with Gasteiger partial charge in [0.25, 0.3) is 17.7 Å². The monoisotopic (exact) mass is 783 g/mol. The van der Waals surface area contributed by atoms with Crippen molar-refractivity contribution in [2.75, 3.05) is 60.9 Å². The van der Waals surface area contributed by atoms with Crippen LogP contribution in [0.3, 0.4) is 0 Å². The number of amides is 6. The van der Waals surface area contributed by atoms with Crippen LogP contribution in [0, 0.1) is 18.8 Å². The zero-order chi connectivity index (χ0) is 39.1. The molecule has 3 atom stereocenters. The summed E-state index contributed by atoms with van der Waals surface area (Å²) in [5.41, 5.74) is 7.92. The van der Waals surface area contributed by atoms with Crippen LogP contribution in [0.5, 0.6) is 0 Å². The van der Waals surface area contributed by atoms with Crippen LogP contribution < -0.4 is 31.5 Å². The highest BCUT2D eigenvalue weighted by Crippen LogP contribution is 2.33. The summed E-state index contributed by atoms with van der Waals surface area (Å²) in [6.45, 7) is 7.33. The van der Waals surface area contributed by atoms with Crippen molar-refractivity contribution < 1.29 is 28.8 Å². The van der Waals surface area contributed by atoms with E-state index in [9.17, 15) is 28.8 Å². The number of anilines is 4. The summed E-state index contributed by atoms with van der Waals surface area (Å²) in [7, 11) is 0. The largest absolute Gasteiger partial charge is 0.371 e. The van der Waals surface area contributed by atoms with Gasteiger partial charge in [0.2, 0.25) is 17.7 Å². The molecule has 3 aromatic rings. The lowest BCUT2D eigenvalue weighted by molar-refractivity contribution is -0.136. The van der Waals surface area contributed by atoms with Gasteiger partial charge >= 0.3 is 0 Å². The smallest absolute Gasteiger partial charge is 0.271 e. The Labute approximate surface area is 327 Å². The first-order valence-corrected chi connectivity index (χ1v) is 20.0. The maximum Gasteiger partial charge on any atom is 0.271 e. The lowest BCUT2D eigenvalue weighted by Crippen LogP contribution is -2.54. The molecule has 4 saturated heterocycles. The highest BCUT2D eigenvalue weighted by molar-refractivity contribution is 7.10. The second-order valence-electron chi connectivity index (χ2n) is 15.4. The molecule has 8 rings (SSSR count). The molecule has 18 heteroatoms. The number of carbonyl (C=O) groups is 6. The zero-order valence-electron chi connectivity index (χ0n) is 31.2. The molecule has 5 N–H and O–H groups in total. The number of piperidine rings is 3. The van der Waals surface area contributed by atoms with Crippen LogP contribution in [-0.2, 0) is 14.4 Å². The van der Waals surface area contributed by atoms with Gasteiger partial charge in [-0.3, -0.25) is 39.0 Å². The summed E-state index contributed by atoms with van der Waals surface area (Å²) in [6.07, 6.45) is 6.23. The summed E-state index contributed by atoms with van der Waals surface area (Å²) in [6, 6.07) is 6.11. The second-order valence-corrected chi connectivity index (χ2v) is 16.2. The van der Waals surface area contributed by atoms with Gasteiger partial charge in [0.05, 0.1) is 28.9 Å². The number of rotatable bonds is 10. The molecule has 294 valence electrons. The molecule has 17 nitrogen and oxygen atoms in total. The number of fused-ring (bicyclic) bond motifs is 1. The number of nitrogens with zero attached hydrogens (tertiary/aromatic N) is 7. The number of nitrogens with two attached hydrogens (primary N) is 1. The van der Waals surface area contributed by atoms with Crippen molar-refractivity contribution in [2.24, 2.45) is 17.6 Å². The molecule has 2 aromatic heterocycles. The molecule has 5 aliphatic rings. The van der Waals surface area contributed by atoms with Gasteiger partial charge in [0.15, 0.2) is 11.5 Å². The predicted octanol–water partition coefficient (Wildman–Crippen LogP) is 1.81. The first kappa shape index (κ1) is 37.4. The zero-order valence-corrected chi connectivity index (χ0v) is 32.0. The van der Waals surface area contributed by atoms with Crippen molar-refractivity contribution in [1.29, 1.82) is 0 Å². The average Bonchev–Trinajstić information content (AvgIpc) is 3.89. The van der Waals surface area contributed by atoms with Crippen molar-refractivity contribution in [1.82, 2.24) is 34.8 Å². The van der Waals surface area contributed by atoms with Gasteiger partial charge in [-0.1, -0.05) is 0 Å². The number of imide groups is 2. The van der Waals surface area contributed by atoms with Crippen molar-refractivity contribution in [3.63, 3.8) is 0 Å². The maximum atomic E-state index is 13.5. The summed E-state index contributed by atoms with van der Waals surface area (Å²) in [4.78, 5) is 92.8. The van der Waals surface area contributed by atoms with Gasteiger partial charge in [0, 0.05) is 57.4 Å². The van der Waals surface area contributed by atoms with Gasteiger partial charge < -0.3 is 31.1 Å². The number of likely N-dealkylation sites (tertiary alicyclic amines) is 1. The molecule has 0 radical (unpaired) electrons. The van der Waals surface area contributed by atoms with Crippen molar-refractivity contribution in [3.05, 3.63) is 53.0 Å².